The number of rotatable bonds is 3. The fraction of sp³-hybridized carbons (Fsp3) is 0.0556. The number of ether oxygens (including phenoxy) is 1. The Bertz CT molecular complexity index is 1220. The van der Waals surface area contributed by atoms with Gasteiger partial charge in [-0.1, -0.05) is 5.21 Å². The predicted molar refractivity (Wildman–Crippen MR) is 94.0 cm³/mol. The lowest BCUT2D eigenvalue weighted by molar-refractivity contribution is -0.274. The molecule has 4 rings (SSSR count). The van der Waals surface area contributed by atoms with Gasteiger partial charge in [0, 0.05) is 15.1 Å². The minimum Gasteiger partial charge on any atom is -0.406 e. The molecule has 0 aliphatic rings. The lowest BCUT2D eigenvalue weighted by Crippen LogP contribution is -2.17. The van der Waals surface area contributed by atoms with E-state index in [0.717, 1.165) is 10.8 Å². The zero-order valence-electron chi connectivity index (χ0n) is 13.7. The first-order valence-electron chi connectivity index (χ1n) is 7.74. The van der Waals surface area contributed by atoms with Crippen molar-refractivity contribution in [2.45, 2.75) is 6.36 Å². The summed E-state index contributed by atoms with van der Waals surface area (Å²) in [5.41, 5.74) is 0.744. The number of fused-ring (bicyclic) bond motifs is 1. The number of hydrogen-bond acceptors (Lipinski definition) is 5. The van der Waals surface area contributed by atoms with Crippen molar-refractivity contribution in [3.63, 3.8) is 0 Å². The molecule has 0 atom stereocenters. The molecule has 10 heteroatoms. The first-order chi connectivity index (χ1) is 13.3. The number of nitrogens with one attached hydrogen (secondary N) is 1. The van der Waals surface area contributed by atoms with Crippen LogP contribution in [0.25, 0.3) is 31.8 Å². The van der Waals surface area contributed by atoms with Crippen LogP contribution in [0.15, 0.2) is 42.5 Å². The lowest BCUT2D eigenvalue weighted by atomic mass is 10.0. The summed E-state index contributed by atoms with van der Waals surface area (Å²) in [7, 11) is 0. The number of nitrogens with zero attached hydrogens (tertiary/aromatic N) is 3. The molecule has 0 fully saturated rings. The molecule has 0 radical (unpaired) electrons. The van der Waals surface area contributed by atoms with Gasteiger partial charge in [-0.25, -0.2) is 9.49 Å². The van der Waals surface area contributed by atoms with Gasteiger partial charge >= 0.3 is 6.36 Å². The molecule has 0 saturated heterocycles. The fourth-order valence-corrected chi connectivity index (χ4v) is 3.77. The Kier molecular flexibility index (Phi) is 4.24. The SMILES string of the molecule is N#Cc1[nH]nnc1-c1cc(OC(F)(F)F)cc(-c2cc3cc(F)ccc3s2)c1. The summed E-state index contributed by atoms with van der Waals surface area (Å²) < 4.78 is 56.6. The topological polar surface area (TPSA) is 74.6 Å². The fourth-order valence-electron chi connectivity index (χ4n) is 2.74. The molecule has 2 aromatic carbocycles. The van der Waals surface area contributed by atoms with Crippen LogP contribution in [0.1, 0.15) is 5.69 Å². The molecule has 4 aromatic rings. The lowest BCUT2D eigenvalue weighted by Gasteiger charge is -2.11. The van der Waals surface area contributed by atoms with Crippen LogP contribution >= 0.6 is 11.3 Å². The molecule has 0 saturated carbocycles. The predicted octanol–water partition coefficient (Wildman–Crippen LogP) is 5.26. The van der Waals surface area contributed by atoms with Gasteiger partial charge in [-0.2, -0.15) is 5.26 Å². The molecule has 1 N–H and O–H groups in total. The van der Waals surface area contributed by atoms with E-state index in [4.69, 9.17) is 5.26 Å². The van der Waals surface area contributed by atoms with E-state index in [0.29, 0.717) is 15.8 Å². The molecule has 28 heavy (non-hydrogen) atoms. The van der Waals surface area contributed by atoms with Gasteiger partial charge in [0.25, 0.3) is 0 Å². The van der Waals surface area contributed by atoms with E-state index in [1.807, 2.05) is 6.07 Å². The number of thiophene rings is 1. The molecule has 0 bridgehead atoms. The van der Waals surface area contributed by atoms with Crippen LogP contribution < -0.4 is 4.74 Å². The minimum absolute atomic E-state index is 0.00789. The van der Waals surface area contributed by atoms with E-state index in [1.165, 1.54) is 29.5 Å². The van der Waals surface area contributed by atoms with Crippen molar-refractivity contribution in [1.29, 1.82) is 5.26 Å². The van der Waals surface area contributed by atoms with Crippen LogP contribution in [0.2, 0.25) is 0 Å². The molecule has 0 aliphatic carbocycles. The molecule has 0 spiro atoms. The van der Waals surface area contributed by atoms with E-state index >= 15 is 0 Å². The number of nitriles is 1. The summed E-state index contributed by atoms with van der Waals surface area (Å²) in [6.45, 7) is 0. The highest BCUT2D eigenvalue weighted by Gasteiger charge is 2.31. The van der Waals surface area contributed by atoms with E-state index in [9.17, 15) is 17.6 Å². The maximum atomic E-state index is 13.4. The van der Waals surface area contributed by atoms with E-state index in [-0.39, 0.29) is 17.0 Å². The Hall–Kier alpha value is -3.45. The highest BCUT2D eigenvalue weighted by atomic mass is 32.1. The Labute approximate surface area is 158 Å². The van der Waals surface area contributed by atoms with E-state index in [1.54, 1.807) is 18.2 Å². The summed E-state index contributed by atoms with van der Waals surface area (Å²) in [4.78, 5) is 0.608. The monoisotopic (exact) mass is 404 g/mol. The molecule has 0 unspecified atom stereocenters. The molecular weight excluding hydrogens is 396 g/mol. The van der Waals surface area contributed by atoms with Crippen molar-refractivity contribution in [2.75, 3.05) is 0 Å². The van der Waals surface area contributed by atoms with Crippen LogP contribution in [0.3, 0.4) is 0 Å². The average Bonchev–Trinajstić information content (AvgIpc) is 3.26. The van der Waals surface area contributed by atoms with Crippen LogP contribution in [0.4, 0.5) is 17.6 Å². The third-order valence-corrected chi connectivity index (χ3v) is 5.00. The maximum absolute atomic E-state index is 13.4. The average molecular weight is 404 g/mol. The number of benzene rings is 2. The first kappa shape index (κ1) is 17.9. The minimum atomic E-state index is -4.89. The Morgan fingerprint density at radius 2 is 1.86 bits per heavy atom. The molecule has 0 aliphatic heterocycles. The zero-order valence-corrected chi connectivity index (χ0v) is 14.5. The van der Waals surface area contributed by atoms with Gasteiger partial charge in [0.15, 0.2) is 5.69 Å². The van der Waals surface area contributed by atoms with Crippen LogP contribution in [-0.4, -0.2) is 21.8 Å². The van der Waals surface area contributed by atoms with Crippen LogP contribution in [-0.2, 0) is 0 Å². The molecule has 2 heterocycles. The quantitative estimate of drug-likeness (QED) is 0.473. The largest absolute Gasteiger partial charge is 0.573 e. The van der Waals surface area contributed by atoms with Gasteiger partial charge < -0.3 is 4.74 Å². The third-order valence-electron chi connectivity index (χ3n) is 3.84. The Balaban J connectivity index is 1.88. The number of hydrogen-bond donors (Lipinski definition) is 1. The standard InChI is InChI=1S/C18H8F4N4OS/c19-12-1-2-15-10(4-12)7-16(28-15)9-3-11(17-14(8-23)24-26-25-17)6-13(5-9)27-18(20,21)22/h1-7H,(H,24,25,26). The van der Waals surface area contributed by atoms with Gasteiger partial charge in [0.1, 0.15) is 23.3 Å². The van der Waals surface area contributed by atoms with Crippen molar-refractivity contribution in [3.8, 4) is 33.5 Å². The van der Waals surface area contributed by atoms with Crippen LogP contribution in [0.5, 0.6) is 5.75 Å². The van der Waals surface area contributed by atoms with Gasteiger partial charge in [-0.05, 0) is 53.4 Å². The van der Waals surface area contributed by atoms with Crippen molar-refractivity contribution >= 4 is 21.4 Å². The van der Waals surface area contributed by atoms with Crippen molar-refractivity contribution in [3.05, 3.63) is 54.0 Å². The number of alkyl halides is 3. The summed E-state index contributed by atoms with van der Waals surface area (Å²) in [5.74, 6) is -0.872. The van der Waals surface area contributed by atoms with Crippen molar-refractivity contribution < 1.29 is 22.3 Å². The second-order valence-electron chi connectivity index (χ2n) is 5.73. The first-order valence-corrected chi connectivity index (χ1v) is 8.56. The summed E-state index contributed by atoms with van der Waals surface area (Å²) in [6.07, 6.45) is -4.89. The second kappa shape index (κ2) is 6.61. The van der Waals surface area contributed by atoms with E-state index < -0.39 is 17.9 Å². The van der Waals surface area contributed by atoms with Crippen LogP contribution in [0, 0.1) is 17.1 Å². The molecule has 5 nitrogen and oxygen atoms in total. The number of aromatic amines is 1. The third kappa shape index (κ3) is 3.52. The van der Waals surface area contributed by atoms with Gasteiger partial charge in [0.05, 0.1) is 0 Å². The second-order valence-corrected chi connectivity index (χ2v) is 6.82. The van der Waals surface area contributed by atoms with Crippen molar-refractivity contribution in [2.24, 2.45) is 0 Å². The number of aromatic nitrogens is 3. The smallest absolute Gasteiger partial charge is 0.406 e. The Morgan fingerprint density at radius 1 is 1.07 bits per heavy atom. The van der Waals surface area contributed by atoms with Gasteiger partial charge in [0.2, 0.25) is 0 Å². The normalized spacial score (nSPS) is 11.5. The van der Waals surface area contributed by atoms with Crippen molar-refractivity contribution in [1.82, 2.24) is 15.4 Å². The highest BCUT2D eigenvalue weighted by molar-refractivity contribution is 7.22. The summed E-state index contributed by atoms with van der Waals surface area (Å²) in [6, 6.07) is 11.7. The molecule has 2 aromatic heterocycles. The Morgan fingerprint density at radius 3 is 2.61 bits per heavy atom. The number of H-pyrrole nitrogens is 1. The molecule has 0 amide bonds. The number of halogens is 4. The highest BCUT2D eigenvalue weighted by Crippen LogP contribution is 2.39. The molecular formula is C18H8F4N4OS. The zero-order chi connectivity index (χ0) is 19.9. The van der Waals surface area contributed by atoms with E-state index in [2.05, 4.69) is 20.1 Å². The maximum Gasteiger partial charge on any atom is 0.573 e. The van der Waals surface area contributed by atoms with Gasteiger partial charge in [-0.15, -0.1) is 29.6 Å². The summed E-state index contributed by atoms with van der Waals surface area (Å²) >= 11 is 1.29. The molecule has 140 valence electrons. The summed E-state index contributed by atoms with van der Waals surface area (Å²) in [5, 5.41) is 19.4. The van der Waals surface area contributed by atoms with Gasteiger partial charge in [-0.3, -0.25) is 0 Å².